The number of fused-ring (bicyclic) bond motifs is 1. The van der Waals surface area contributed by atoms with Gasteiger partial charge < -0.3 is 34.1 Å². The van der Waals surface area contributed by atoms with Crippen molar-refractivity contribution in [2.45, 2.75) is 57.5 Å². The summed E-state index contributed by atoms with van der Waals surface area (Å²) in [5.41, 5.74) is 0.792. The van der Waals surface area contributed by atoms with Crippen molar-refractivity contribution in [1.29, 1.82) is 0 Å². The molecule has 2 rings (SSSR count). The summed E-state index contributed by atoms with van der Waals surface area (Å²) in [7, 11) is 0. The van der Waals surface area contributed by atoms with Crippen LogP contribution in [0.3, 0.4) is 0 Å². The summed E-state index contributed by atoms with van der Waals surface area (Å²) in [6, 6.07) is 5.26. The van der Waals surface area contributed by atoms with Crippen molar-refractivity contribution < 1.29 is 69.3 Å². The zero-order valence-corrected chi connectivity index (χ0v) is 23.8. The van der Waals surface area contributed by atoms with E-state index in [-0.39, 0.29) is 59.0 Å². The molecule has 1 aliphatic rings. The predicted molar refractivity (Wildman–Crippen MR) is 137 cm³/mol. The maximum Gasteiger partial charge on any atom is 0.332 e. The summed E-state index contributed by atoms with van der Waals surface area (Å²) in [5, 5.41) is 53.5. The average Bonchev–Trinajstić information content (AvgIpc) is 2.89. The molecule has 0 spiro atoms. The number of hydrogen-bond acceptors (Lipinski definition) is 16. The second kappa shape index (κ2) is 17.6. The quantitative estimate of drug-likeness (QED) is 0.0702. The summed E-state index contributed by atoms with van der Waals surface area (Å²) in [5.74, 6) is -0.799. The molecule has 1 amide bonds. The molecule has 1 aliphatic carbocycles. The molecular formula is C25H41N3O14. The van der Waals surface area contributed by atoms with Crippen LogP contribution in [0.25, 0.3) is 0 Å². The maximum absolute atomic E-state index is 13.1. The molecule has 0 saturated heterocycles. The molecule has 42 heavy (non-hydrogen) atoms. The van der Waals surface area contributed by atoms with Gasteiger partial charge in [-0.2, -0.15) is 0 Å². The van der Waals surface area contributed by atoms with Gasteiger partial charge in [0.15, 0.2) is 6.10 Å². The molecule has 17 nitrogen and oxygen atoms in total. The van der Waals surface area contributed by atoms with Gasteiger partial charge in [0, 0.05) is 23.9 Å². The molecule has 0 aromatic heterocycles. The van der Waals surface area contributed by atoms with Gasteiger partial charge in [-0.1, -0.05) is 12.1 Å². The Morgan fingerprint density at radius 2 is 1.50 bits per heavy atom. The smallest absolute Gasteiger partial charge is 0.332 e. The van der Waals surface area contributed by atoms with Crippen LogP contribution in [0, 0.1) is 0 Å². The summed E-state index contributed by atoms with van der Waals surface area (Å²) in [6.45, 7) is 3.43. The van der Waals surface area contributed by atoms with Crippen molar-refractivity contribution in [3.05, 3.63) is 29.3 Å². The number of nitrogens with zero attached hydrogens (tertiary/aromatic N) is 3. The van der Waals surface area contributed by atoms with Gasteiger partial charge in [-0.3, -0.25) is 25.6 Å². The Morgan fingerprint density at radius 1 is 0.905 bits per heavy atom. The summed E-state index contributed by atoms with van der Waals surface area (Å²) in [6.07, 6.45) is -2.41. The molecule has 0 bridgehead atoms. The van der Waals surface area contributed by atoms with E-state index >= 15 is 0 Å². The van der Waals surface area contributed by atoms with Crippen LogP contribution in [-0.4, -0.2) is 135 Å². The minimum Gasteiger partial charge on any atom is -0.489 e. The number of esters is 1. The SMILES string of the molecule is CC(C)(C)N(CC(COc1cccc2c1C[C@@H](O)[C@@H](O)C2)OC(=O)COCCON(O)O)C(=O)COCCON(O)O. The highest BCUT2D eigenvalue weighted by Gasteiger charge is 2.32. The third-order valence-corrected chi connectivity index (χ3v) is 6.05. The Balaban J connectivity index is 2.11. The van der Waals surface area contributed by atoms with Crippen LogP contribution >= 0.6 is 0 Å². The van der Waals surface area contributed by atoms with E-state index in [0.29, 0.717) is 11.3 Å². The van der Waals surface area contributed by atoms with Gasteiger partial charge in [0.25, 0.3) is 0 Å². The van der Waals surface area contributed by atoms with Gasteiger partial charge in [0.1, 0.15) is 25.6 Å². The third kappa shape index (κ3) is 12.8. The molecular weight excluding hydrogens is 566 g/mol. The first-order chi connectivity index (χ1) is 19.8. The van der Waals surface area contributed by atoms with Crippen LogP contribution in [0.2, 0.25) is 0 Å². The van der Waals surface area contributed by atoms with Crippen molar-refractivity contribution in [2.24, 2.45) is 0 Å². The highest BCUT2D eigenvalue weighted by molar-refractivity contribution is 5.78. The number of carbonyl (C=O) groups excluding carboxylic acids is 2. The van der Waals surface area contributed by atoms with Gasteiger partial charge >= 0.3 is 5.97 Å². The highest BCUT2D eigenvalue weighted by atomic mass is 17.1. The highest BCUT2D eigenvalue weighted by Crippen LogP contribution is 2.30. The second-order valence-electron chi connectivity index (χ2n) is 10.3. The molecule has 240 valence electrons. The zero-order chi connectivity index (χ0) is 31.3. The van der Waals surface area contributed by atoms with E-state index in [0.717, 1.165) is 5.56 Å². The van der Waals surface area contributed by atoms with Crippen LogP contribution < -0.4 is 4.74 Å². The van der Waals surface area contributed by atoms with Gasteiger partial charge in [-0.05, 0) is 32.4 Å². The van der Waals surface area contributed by atoms with Gasteiger partial charge in [0.05, 0.1) is 56.0 Å². The number of amides is 1. The summed E-state index contributed by atoms with van der Waals surface area (Å²) in [4.78, 5) is 35.8. The Labute approximate surface area is 242 Å². The molecule has 1 aromatic carbocycles. The molecule has 0 aliphatic heterocycles. The first kappa shape index (κ1) is 35.7. The molecule has 6 N–H and O–H groups in total. The van der Waals surface area contributed by atoms with E-state index in [2.05, 4.69) is 9.68 Å². The molecule has 3 atom stereocenters. The Hall–Kier alpha value is -2.52. The number of hydrogen-bond donors (Lipinski definition) is 6. The topological polar surface area (TPSA) is 221 Å². The number of benzene rings is 1. The lowest BCUT2D eigenvalue weighted by Gasteiger charge is -2.38. The third-order valence-electron chi connectivity index (χ3n) is 6.05. The van der Waals surface area contributed by atoms with Crippen LogP contribution in [0.1, 0.15) is 31.9 Å². The fourth-order valence-electron chi connectivity index (χ4n) is 4.10. The Morgan fingerprint density at radius 3 is 2.10 bits per heavy atom. The monoisotopic (exact) mass is 607 g/mol. The van der Waals surface area contributed by atoms with Crippen molar-refractivity contribution >= 4 is 11.9 Å². The molecule has 1 unspecified atom stereocenters. The van der Waals surface area contributed by atoms with E-state index in [4.69, 9.17) is 39.8 Å². The average molecular weight is 608 g/mol. The predicted octanol–water partition coefficient (Wildman–Crippen LogP) is -0.518. The van der Waals surface area contributed by atoms with E-state index in [1.165, 1.54) is 4.90 Å². The van der Waals surface area contributed by atoms with Crippen LogP contribution in [0.15, 0.2) is 18.2 Å². The number of ether oxygens (including phenoxy) is 4. The second-order valence-corrected chi connectivity index (χ2v) is 10.3. The number of aliphatic hydroxyl groups excluding tert-OH is 2. The lowest BCUT2D eigenvalue weighted by atomic mass is 9.87. The Bertz CT molecular complexity index is 974. The summed E-state index contributed by atoms with van der Waals surface area (Å²) >= 11 is 0. The van der Waals surface area contributed by atoms with Crippen molar-refractivity contribution in [1.82, 2.24) is 15.7 Å². The first-order valence-electron chi connectivity index (χ1n) is 13.1. The molecule has 0 heterocycles. The minimum absolute atomic E-state index is 0.0988. The number of rotatable bonds is 18. The Kier molecular flexibility index (Phi) is 14.9. The number of carbonyl (C=O) groups is 2. The van der Waals surface area contributed by atoms with Crippen LogP contribution in [0.4, 0.5) is 0 Å². The lowest BCUT2D eigenvalue weighted by molar-refractivity contribution is -0.493. The minimum atomic E-state index is -0.985. The van der Waals surface area contributed by atoms with E-state index in [1.54, 1.807) is 32.9 Å². The maximum atomic E-state index is 13.1. The summed E-state index contributed by atoms with van der Waals surface area (Å²) < 4.78 is 22.0. The van der Waals surface area contributed by atoms with Crippen molar-refractivity contribution in [2.75, 3.05) is 52.8 Å². The van der Waals surface area contributed by atoms with Crippen LogP contribution in [0.5, 0.6) is 5.75 Å². The molecule has 0 saturated carbocycles. The lowest BCUT2D eigenvalue weighted by Crippen LogP contribution is -2.52. The van der Waals surface area contributed by atoms with E-state index in [1.807, 2.05) is 6.07 Å². The van der Waals surface area contributed by atoms with Crippen LogP contribution in [-0.2, 0) is 46.3 Å². The van der Waals surface area contributed by atoms with Gasteiger partial charge in [-0.15, -0.1) is 0 Å². The van der Waals surface area contributed by atoms with E-state index in [9.17, 15) is 19.8 Å². The van der Waals surface area contributed by atoms with Crippen molar-refractivity contribution in [3.63, 3.8) is 0 Å². The van der Waals surface area contributed by atoms with Gasteiger partial charge in [0.2, 0.25) is 5.91 Å². The fourth-order valence-corrected chi connectivity index (χ4v) is 4.10. The molecule has 17 heteroatoms. The van der Waals surface area contributed by atoms with Crippen molar-refractivity contribution in [3.8, 4) is 5.75 Å². The molecule has 0 fully saturated rings. The largest absolute Gasteiger partial charge is 0.489 e. The molecule has 0 radical (unpaired) electrons. The standard InChI is InChI=1S/C25H41N3O14/c1-25(2,3)26(23(31)15-37-7-9-40-27(33)34)13-18(42-24(32)16-38-8-10-41-28(35)36)14-39-22-6-4-5-17-11-20(29)21(30)12-19(17)22/h4-6,18,20-21,29-30,33-36H,7-16H2,1-3H3/t18?,20-,21+/m0/s1. The fraction of sp³-hybridized carbons (Fsp3) is 0.680. The zero-order valence-electron chi connectivity index (χ0n) is 23.8. The first-order valence-corrected chi connectivity index (χ1v) is 13.1. The number of aliphatic hydroxyl groups is 2. The normalized spacial score (nSPS) is 17.7. The molecule has 1 aromatic rings. The van der Waals surface area contributed by atoms with Gasteiger partial charge in [-0.25, -0.2) is 14.5 Å². The van der Waals surface area contributed by atoms with E-state index < -0.39 is 53.1 Å².